The van der Waals surface area contributed by atoms with Crippen molar-refractivity contribution in [3.05, 3.63) is 34.0 Å². The molecule has 0 atom stereocenters. The highest BCUT2D eigenvalue weighted by Gasteiger charge is 2.14. The van der Waals surface area contributed by atoms with Crippen molar-refractivity contribution in [2.24, 2.45) is 5.92 Å². The molecule has 142 valence electrons. The van der Waals surface area contributed by atoms with Gasteiger partial charge in [-0.3, -0.25) is 19.8 Å². The third-order valence-electron chi connectivity index (χ3n) is 3.70. The van der Waals surface area contributed by atoms with Crippen molar-refractivity contribution in [3.63, 3.8) is 0 Å². The van der Waals surface area contributed by atoms with Crippen LogP contribution < -0.4 is 10.1 Å². The average Bonchev–Trinajstić information content (AvgIpc) is 3.21. The molecule has 0 fully saturated rings. The number of hydrogen-bond donors (Lipinski definition) is 2. The Balaban J connectivity index is 1.73. The lowest BCUT2D eigenvalue weighted by atomic mass is 10.1. The number of amides is 1. The van der Waals surface area contributed by atoms with Crippen molar-refractivity contribution in [1.29, 1.82) is 0 Å². The van der Waals surface area contributed by atoms with Crippen LogP contribution in [0.25, 0.3) is 11.4 Å². The van der Waals surface area contributed by atoms with Crippen molar-refractivity contribution in [2.45, 2.75) is 26.8 Å². The second-order valence-corrected chi connectivity index (χ2v) is 7.76. The zero-order valence-electron chi connectivity index (χ0n) is 15.2. The van der Waals surface area contributed by atoms with Gasteiger partial charge in [-0.1, -0.05) is 25.2 Å². The quantitative estimate of drug-likeness (QED) is 0.587. The van der Waals surface area contributed by atoms with Crippen LogP contribution in [-0.4, -0.2) is 38.0 Å². The number of carbonyl (C=O) groups is 1. The zero-order chi connectivity index (χ0) is 19.4. The highest BCUT2D eigenvalue weighted by atomic mass is 32.1. The fourth-order valence-corrected chi connectivity index (χ4v) is 3.63. The lowest BCUT2D eigenvalue weighted by Gasteiger charge is -2.07. The smallest absolute Gasteiger partial charge is 0.246 e. The van der Waals surface area contributed by atoms with E-state index < -0.39 is 0 Å². The van der Waals surface area contributed by atoms with E-state index in [1.165, 1.54) is 11.3 Å². The summed E-state index contributed by atoms with van der Waals surface area (Å²) in [4.78, 5) is 12.4. The molecule has 27 heavy (non-hydrogen) atoms. The molecule has 0 bridgehead atoms. The molecule has 2 aromatic heterocycles. The molecule has 2 N–H and O–H groups in total. The van der Waals surface area contributed by atoms with Gasteiger partial charge in [0.2, 0.25) is 11.0 Å². The van der Waals surface area contributed by atoms with E-state index in [0.717, 1.165) is 22.7 Å². The normalized spacial score (nSPS) is 11.0. The van der Waals surface area contributed by atoms with Gasteiger partial charge in [0.05, 0.1) is 7.11 Å². The molecule has 0 aliphatic rings. The van der Waals surface area contributed by atoms with Gasteiger partial charge in [-0.05, 0) is 42.4 Å². The van der Waals surface area contributed by atoms with Crippen LogP contribution in [-0.2, 0) is 17.8 Å². The number of methoxy groups -OCH3 is 1. The Morgan fingerprint density at radius 3 is 2.74 bits per heavy atom. The summed E-state index contributed by atoms with van der Waals surface area (Å²) >= 11 is 6.66. The summed E-state index contributed by atoms with van der Waals surface area (Å²) in [5.41, 5.74) is 0.825. The van der Waals surface area contributed by atoms with Crippen LogP contribution in [0.2, 0.25) is 0 Å². The van der Waals surface area contributed by atoms with E-state index in [1.54, 1.807) is 11.7 Å². The van der Waals surface area contributed by atoms with Gasteiger partial charge >= 0.3 is 0 Å². The van der Waals surface area contributed by atoms with Gasteiger partial charge in [0.15, 0.2) is 10.6 Å². The Morgan fingerprint density at radius 1 is 1.33 bits per heavy atom. The maximum Gasteiger partial charge on any atom is 0.246 e. The van der Waals surface area contributed by atoms with E-state index in [9.17, 15) is 4.79 Å². The van der Waals surface area contributed by atoms with E-state index >= 15 is 0 Å². The fourth-order valence-electron chi connectivity index (χ4n) is 2.46. The van der Waals surface area contributed by atoms with Crippen molar-refractivity contribution in [1.82, 2.24) is 25.0 Å². The monoisotopic (exact) mass is 404 g/mol. The van der Waals surface area contributed by atoms with Gasteiger partial charge in [-0.2, -0.15) is 5.10 Å². The van der Waals surface area contributed by atoms with Crippen LogP contribution in [0.3, 0.4) is 0 Å². The van der Waals surface area contributed by atoms with Crippen molar-refractivity contribution in [3.8, 4) is 17.1 Å². The zero-order valence-corrected chi connectivity index (χ0v) is 16.9. The first-order valence-electron chi connectivity index (χ1n) is 8.38. The van der Waals surface area contributed by atoms with E-state index in [-0.39, 0.29) is 12.5 Å². The molecule has 3 aromatic rings. The lowest BCUT2D eigenvalue weighted by Crippen LogP contribution is -2.19. The number of aromatic nitrogens is 5. The van der Waals surface area contributed by atoms with Crippen molar-refractivity contribution >= 4 is 34.6 Å². The number of H-pyrrole nitrogens is 1. The van der Waals surface area contributed by atoms with Gasteiger partial charge in [0.25, 0.3) is 0 Å². The molecule has 0 saturated heterocycles. The number of carbonyl (C=O) groups excluding carboxylic acids is 1. The van der Waals surface area contributed by atoms with Gasteiger partial charge in [0, 0.05) is 12.0 Å². The van der Waals surface area contributed by atoms with E-state index in [2.05, 4.69) is 39.6 Å². The summed E-state index contributed by atoms with van der Waals surface area (Å²) < 4.78 is 7.18. The second kappa shape index (κ2) is 8.40. The fraction of sp³-hybridized carbons (Fsp3) is 0.353. The number of rotatable bonds is 7. The minimum absolute atomic E-state index is 0.0236. The van der Waals surface area contributed by atoms with Crippen LogP contribution in [0.5, 0.6) is 5.75 Å². The lowest BCUT2D eigenvalue weighted by molar-refractivity contribution is -0.116. The third-order valence-corrected chi connectivity index (χ3v) is 4.88. The van der Waals surface area contributed by atoms with Crippen LogP contribution in [0, 0.1) is 10.7 Å². The van der Waals surface area contributed by atoms with Gasteiger partial charge in [-0.15, -0.1) is 10.2 Å². The number of aromatic amines is 1. The summed E-state index contributed by atoms with van der Waals surface area (Å²) in [6.07, 6.45) is 0.835. The first-order chi connectivity index (χ1) is 13.0. The van der Waals surface area contributed by atoms with Crippen LogP contribution >= 0.6 is 23.6 Å². The first-order valence-corrected chi connectivity index (χ1v) is 9.60. The van der Waals surface area contributed by atoms with Gasteiger partial charge < -0.3 is 4.74 Å². The number of nitrogens with zero attached hydrogens (tertiary/aromatic N) is 4. The van der Waals surface area contributed by atoms with E-state index in [0.29, 0.717) is 21.6 Å². The van der Waals surface area contributed by atoms with Gasteiger partial charge in [0.1, 0.15) is 17.3 Å². The highest BCUT2D eigenvalue weighted by molar-refractivity contribution is 7.71. The summed E-state index contributed by atoms with van der Waals surface area (Å²) in [6.45, 7) is 4.25. The molecule has 3 rings (SSSR count). The molecule has 0 saturated carbocycles. The predicted molar refractivity (Wildman–Crippen MR) is 106 cm³/mol. The topological polar surface area (TPSA) is 97.7 Å². The Labute approximate surface area is 165 Å². The largest absolute Gasteiger partial charge is 0.497 e. The summed E-state index contributed by atoms with van der Waals surface area (Å²) in [5.74, 6) is 1.56. The number of ether oxygens (including phenoxy) is 1. The SMILES string of the molecule is COc1ccc(-c2n[nH]c(=S)n2CC(=O)Nc2nnc(CC(C)C)s2)cc1. The average molecular weight is 405 g/mol. The molecular formula is C17H20N6O2S2. The summed E-state index contributed by atoms with van der Waals surface area (Å²) in [7, 11) is 1.61. The van der Waals surface area contributed by atoms with Crippen molar-refractivity contribution in [2.75, 3.05) is 12.4 Å². The molecule has 0 radical (unpaired) electrons. The Morgan fingerprint density at radius 2 is 2.07 bits per heavy atom. The molecule has 1 amide bonds. The maximum absolute atomic E-state index is 12.4. The maximum atomic E-state index is 12.4. The molecule has 2 heterocycles. The number of nitrogens with one attached hydrogen (secondary N) is 2. The molecular weight excluding hydrogens is 384 g/mol. The standard InChI is InChI=1S/C17H20N6O2S2/c1-10(2)8-14-19-21-16(27-14)18-13(24)9-23-15(20-22-17(23)26)11-4-6-12(25-3)7-5-11/h4-7,10H,8-9H2,1-3H3,(H,22,26)(H,18,21,24). The number of benzene rings is 1. The second-order valence-electron chi connectivity index (χ2n) is 6.31. The van der Waals surface area contributed by atoms with Crippen molar-refractivity contribution < 1.29 is 9.53 Å². The van der Waals surface area contributed by atoms with Crippen LogP contribution in [0.1, 0.15) is 18.9 Å². The molecule has 0 unspecified atom stereocenters. The predicted octanol–water partition coefficient (Wildman–Crippen LogP) is 3.30. The molecule has 10 heteroatoms. The minimum Gasteiger partial charge on any atom is -0.497 e. The third kappa shape index (κ3) is 4.77. The number of hydrogen-bond acceptors (Lipinski definition) is 7. The molecule has 0 aliphatic carbocycles. The van der Waals surface area contributed by atoms with Gasteiger partial charge in [-0.25, -0.2) is 0 Å². The Bertz CT molecular complexity index is 974. The Kier molecular flexibility index (Phi) is 5.97. The van der Waals surface area contributed by atoms with E-state index in [1.807, 2.05) is 24.3 Å². The molecule has 0 aliphatic heterocycles. The number of anilines is 1. The molecule has 0 spiro atoms. The highest BCUT2D eigenvalue weighted by Crippen LogP contribution is 2.22. The van der Waals surface area contributed by atoms with E-state index in [4.69, 9.17) is 17.0 Å². The Hall–Kier alpha value is -2.59. The minimum atomic E-state index is -0.241. The van der Waals surface area contributed by atoms with Crippen LogP contribution in [0.15, 0.2) is 24.3 Å². The summed E-state index contributed by atoms with van der Waals surface area (Å²) in [6, 6.07) is 7.38. The van der Waals surface area contributed by atoms with Crippen LogP contribution in [0.4, 0.5) is 5.13 Å². The molecule has 1 aromatic carbocycles. The first kappa shape index (κ1) is 19.2. The molecule has 8 nitrogen and oxygen atoms in total. The summed E-state index contributed by atoms with van der Waals surface area (Å²) in [5, 5.41) is 19.3.